The molecule has 0 amide bonds. The van der Waals surface area contributed by atoms with Crippen LogP contribution in [0.1, 0.15) is 51.4 Å². The molecule has 0 aliphatic heterocycles. The van der Waals surface area contributed by atoms with Crippen LogP contribution in [0.4, 0.5) is 0 Å². The fourth-order valence-electron chi connectivity index (χ4n) is 1.43. The van der Waals surface area contributed by atoms with Crippen molar-refractivity contribution < 1.29 is 4.52 Å². The molecule has 1 aliphatic carbocycles. The minimum atomic E-state index is -0.182. The first kappa shape index (κ1) is 10.6. The molecule has 2 rings (SSSR count). The summed E-state index contributed by atoms with van der Waals surface area (Å²) >= 11 is 0. The zero-order valence-corrected chi connectivity index (χ0v) is 9.66. The lowest BCUT2D eigenvalue weighted by Gasteiger charge is -2.23. The van der Waals surface area contributed by atoms with E-state index in [1.165, 1.54) is 12.8 Å². The van der Waals surface area contributed by atoms with Crippen molar-refractivity contribution in [3.05, 3.63) is 11.7 Å². The molecule has 1 fully saturated rings. The summed E-state index contributed by atoms with van der Waals surface area (Å²) in [6, 6.07) is -0.182. The molecule has 2 N–H and O–H groups in total. The van der Waals surface area contributed by atoms with Gasteiger partial charge >= 0.3 is 0 Å². The Balaban J connectivity index is 2.05. The molecule has 84 valence electrons. The third-order valence-electron chi connectivity index (χ3n) is 2.85. The van der Waals surface area contributed by atoms with Crippen molar-refractivity contribution in [3.8, 4) is 0 Å². The monoisotopic (exact) mass is 209 g/mol. The summed E-state index contributed by atoms with van der Waals surface area (Å²) in [7, 11) is 0. The van der Waals surface area contributed by atoms with Crippen LogP contribution < -0.4 is 5.73 Å². The predicted molar refractivity (Wildman–Crippen MR) is 57.1 cm³/mol. The van der Waals surface area contributed by atoms with Crippen molar-refractivity contribution >= 4 is 0 Å². The van der Waals surface area contributed by atoms with Crippen molar-refractivity contribution in [1.82, 2.24) is 10.1 Å². The number of aromatic nitrogens is 2. The smallest absolute Gasteiger partial charge is 0.244 e. The highest BCUT2D eigenvalue weighted by molar-refractivity contribution is 4.98. The number of nitrogens with zero attached hydrogens (tertiary/aromatic N) is 2. The fourth-order valence-corrected chi connectivity index (χ4v) is 1.43. The largest absolute Gasteiger partial charge is 0.338 e. The fraction of sp³-hybridized carbons (Fsp3) is 0.818. The van der Waals surface area contributed by atoms with Crippen molar-refractivity contribution in [2.45, 2.75) is 46.1 Å². The Hall–Kier alpha value is -0.900. The number of hydrogen-bond donors (Lipinski definition) is 1. The van der Waals surface area contributed by atoms with Gasteiger partial charge in [0.25, 0.3) is 0 Å². The third kappa shape index (κ3) is 2.56. The van der Waals surface area contributed by atoms with Gasteiger partial charge < -0.3 is 10.3 Å². The molecule has 1 aromatic heterocycles. The molecule has 1 aromatic rings. The topological polar surface area (TPSA) is 64.9 Å². The van der Waals surface area contributed by atoms with Gasteiger partial charge in [0, 0.05) is 6.42 Å². The summed E-state index contributed by atoms with van der Waals surface area (Å²) in [5.41, 5.74) is 6.00. The van der Waals surface area contributed by atoms with Crippen LogP contribution in [0, 0.1) is 11.3 Å². The molecule has 1 saturated carbocycles. The van der Waals surface area contributed by atoms with Gasteiger partial charge in [0.15, 0.2) is 5.82 Å². The Morgan fingerprint density at radius 1 is 1.47 bits per heavy atom. The van der Waals surface area contributed by atoms with E-state index >= 15 is 0 Å². The number of nitrogens with two attached hydrogens (primary N) is 1. The van der Waals surface area contributed by atoms with Crippen molar-refractivity contribution in [2.75, 3.05) is 0 Å². The zero-order chi connectivity index (χ0) is 11.1. The molecule has 0 saturated heterocycles. The van der Waals surface area contributed by atoms with Crippen molar-refractivity contribution in [2.24, 2.45) is 17.1 Å². The van der Waals surface area contributed by atoms with E-state index in [0.29, 0.717) is 5.89 Å². The lowest BCUT2D eigenvalue weighted by atomic mass is 9.87. The van der Waals surface area contributed by atoms with Crippen LogP contribution in [0.5, 0.6) is 0 Å². The van der Waals surface area contributed by atoms with E-state index in [4.69, 9.17) is 10.3 Å². The van der Waals surface area contributed by atoms with Crippen LogP contribution in [0.15, 0.2) is 4.52 Å². The Bertz CT molecular complexity index is 336. The van der Waals surface area contributed by atoms with Crippen LogP contribution in [-0.2, 0) is 6.42 Å². The van der Waals surface area contributed by atoms with Gasteiger partial charge in [0.1, 0.15) is 0 Å². The van der Waals surface area contributed by atoms with Gasteiger partial charge in [-0.3, -0.25) is 0 Å². The number of rotatable bonds is 3. The molecule has 0 aromatic carbocycles. The Kier molecular flexibility index (Phi) is 2.54. The molecule has 4 heteroatoms. The van der Waals surface area contributed by atoms with Crippen LogP contribution in [0.2, 0.25) is 0 Å². The van der Waals surface area contributed by atoms with Gasteiger partial charge in [0.2, 0.25) is 5.89 Å². The maximum Gasteiger partial charge on any atom is 0.244 e. The zero-order valence-electron chi connectivity index (χ0n) is 9.66. The second kappa shape index (κ2) is 3.59. The molecule has 1 unspecified atom stereocenters. The maximum atomic E-state index is 6.04. The summed E-state index contributed by atoms with van der Waals surface area (Å²) < 4.78 is 5.20. The Labute approximate surface area is 90.2 Å². The van der Waals surface area contributed by atoms with Crippen molar-refractivity contribution in [1.29, 1.82) is 0 Å². The summed E-state index contributed by atoms with van der Waals surface area (Å²) in [5.74, 6) is 2.16. The molecule has 1 aliphatic rings. The molecule has 0 bridgehead atoms. The van der Waals surface area contributed by atoms with E-state index in [1.807, 2.05) is 0 Å². The molecule has 15 heavy (non-hydrogen) atoms. The molecule has 0 spiro atoms. The van der Waals surface area contributed by atoms with E-state index in [1.54, 1.807) is 0 Å². The minimum absolute atomic E-state index is 0.0383. The summed E-state index contributed by atoms with van der Waals surface area (Å²) in [5, 5.41) is 3.96. The summed E-state index contributed by atoms with van der Waals surface area (Å²) in [6.45, 7) is 6.22. The van der Waals surface area contributed by atoms with E-state index < -0.39 is 0 Å². The van der Waals surface area contributed by atoms with Crippen LogP contribution >= 0.6 is 0 Å². The second-order valence-corrected chi connectivity index (χ2v) is 5.54. The lowest BCUT2D eigenvalue weighted by Crippen LogP contribution is -2.26. The van der Waals surface area contributed by atoms with Gasteiger partial charge in [-0.15, -0.1) is 0 Å². The maximum absolute atomic E-state index is 6.04. The molecule has 1 atom stereocenters. The van der Waals surface area contributed by atoms with Gasteiger partial charge in [-0.2, -0.15) is 4.98 Å². The van der Waals surface area contributed by atoms with Gasteiger partial charge in [-0.1, -0.05) is 25.9 Å². The summed E-state index contributed by atoms with van der Waals surface area (Å²) in [4.78, 5) is 4.35. The average Bonchev–Trinajstić information content (AvgIpc) is 2.80. The van der Waals surface area contributed by atoms with Crippen LogP contribution in [0.25, 0.3) is 0 Å². The molecule has 0 radical (unpaired) electrons. The van der Waals surface area contributed by atoms with E-state index in [-0.39, 0.29) is 11.5 Å². The van der Waals surface area contributed by atoms with Crippen LogP contribution in [0.3, 0.4) is 0 Å². The Morgan fingerprint density at radius 3 is 2.67 bits per heavy atom. The van der Waals surface area contributed by atoms with E-state index in [2.05, 4.69) is 30.9 Å². The van der Waals surface area contributed by atoms with Crippen molar-refractivity contribution in [3.63, 3.8) is 0 Å². The van der Waals surface area contributed by atoms with Gasteiger partial charge in [-0.05, 0) is 24.2 Å². The lowest BCUT2D eigenvalue weighted by molar-refractivity contribution is 0.252. The highest BCUT2D eigenvalue weighted by Gasteiger charge is 2.29. The summed E-state index contributed by atoms with van der Waals surface area (Å²) in [6.07, 6.45) is 3.55. The average molecular weight is 209 g/mol. The quantitative estimate of drug-likeness (QED) is 0.827. The van der Waals surface area contributed by atoms with Gasteiger partial charge in [-0.25, -0.2) is 0 Å². The SMILES string of the molecule is CC(C)(C)C(N)c1nc(CC2CC2)no1. The first-order valence-electron chi connectivity index (χ1n) is 5.55. The molecular weight excluding hydrogens is 190 g/mol. The predicted octanol–water partition coefficient (Wildman–Crippen LogP) is 2.07. The van der Waals surface area contributed by atoms with Gasteiger partial charge in [0.05, 0.1) is 6.04 Å². The number of hydrogen-bond acceptors (Lipinski definition) is 4. The van der Waals surface area contributed by atoms with E-state index in [9.17, 15) is 0 Å². The molecule has 1 heterocycles. The first-order chi connectivity index (χ1) is 6.97. The third-order valence-corrected chi connectivity index (χ3v) is 2.85. The highest BCUT2D eigenvalue weighted by atomic mass is 16.5. The molecule has 4 nitrogen and oxygen atoms in total. The highest BCUT2D eigenvalue weighted by Crippen LogP contribution is 2.33. The second-order valence-electron chi connectivity index (χ2n) is 5.54. The first-order valence-corrected chi connectivity index (χ1v) is 5.55. The minimum Gasteiger partial charge on any atom is -0.338 e. The Morgan fingerprint density at radius 2 is 2.13 bits per heavy atom. The van der Waals surface area contributed by atoms with E-state index in [0.717, 1.165) is 18.2 Å². The molecular formula is C11H19N3O. The standard InChI is InChI=1S/C11H19N3O/c1-11(2,3)9(12)10-13-8(14-15-10)6-7-4-5-7/h7,9H,4-6,12H2,1-3H3. The van der Waals surface area contributed by atoms with Crippen LogP contribution in [-0.4, -0.2) is 10.1 Å². The normalized spacial score (nSPS) is 19.2.